The second-order valence-corrected chi connectivity index (χ2v) is 6.47. The molecule has 6 heteroatoms. The normalized spacial score (nSPS) is 12.3. The molecule has 3 rings (SSSR count). The van der Waals surface area contributed by atoms with Crippen LogP contribution in [0.4, 0.5) is 5.69 Å². The Balaban J connectivity index is 1.88. The lowest BCUT2D eigenvalue weighted by Crippen LogP contribution is -2.04. The number of halogens is 2. The minimum atomic E-state index is -1.44. The first kappa shape index (κ1) is 14.3. The third-order valence-corrected chi connectivity index (χ3v) is 4.39. The number of anilines is 1. The first-order chi connectivity index (χ1) is 10.1. The topological polar surface area (TPSA) is 42.0 Å². The quantitative estimate of drug-likeness (QED) is 0.754. The molecule has 1 heterocycles. The van der Waals surface area contributed by atoms with Gasteiger partial charge in [-0.15, -0.1) is 0 Å². The van der Waals surface area contributed by atoms with E-state index >= 15 is 0 Å². The van der Waals surface area contributed by atoms with Crippen molar-refractivity contribution < 1.29 is 4.21 Å². The third-order valence-electron chi connectivity index (χ3n) is 2.86. The Morgan fingerprint density at radius 1 is 1.00 bits per heavy atom. The van der Waals surface area contributed by atoms with Gasteiger partial charge in [-0.1, -0.05) is 29.3 Å². The summed E-state index contributed by atoms with van der Waals surface area (Å²) < 4.78 is 15.3. The molecule has 3 aromatic rings. The largest absolute Gasteiger partial charge is 0.301 e. The summed E-state index contributed by atoms with van der Waals surface area (Å²) in [5.74, 6) is 0. The zero-order chi connectivity index (χ0) is 14.8. The van der Waals surface area contributed by atoms with Crippen LogP contribution in [0, 0.1) is 0 Å². The van der Waals surface area contributed by atoms with Crippen LogP contribution in [0.1, 0.15) is 0 Å². The zero-order valence-electron chi connectivity index (χ0n) is 10.7. The van der Waals surface area contributed by atoms with Crippen molar-refractivity contribution in [3.8, 4) is 0 Å². The summed E-state index contributed by atoms with van der Waals surface area (Å²) in [5, 5.41) is 1.88. The Hall–Kier alpha value is -1.62. The molecule has 21 heavy (non-hydrogen) atoms. The maximum atomic E-state index is 12.3. The third kappa shape index (κ3) is 3.35. The van der Waals surface area contributed by atoms with E-state index in [4.69, 9.17) is 23.2 Å². The molecular weight excluding hydrogens is 327 g/mol. The molecule has 0 aliphatic rings. The van der Waals surface area contributed by atoms with Crippen molar-refractivity contribution in [1.82, 2.24) is 4.98 Å². The highest BCUT2D eigenvalue weighted by Crippen LogP contribution is 2.23. The maximum Gasteiger partial charge on any atom is 0.150 e. The molecule has 3 nitrogen and oxygen atoms in total. The molecule has 1 atom stereocenters. The fraction of sp³-hybridized carbons (Fsp3) is 0. The van der Waals surface area contributed by atoms with E-state index in [0.717, 1.165) is 16.6 Å². The zero-order valence-corrected chi connectivity index (χ0v) is 13.0. The fourth-order valence-corrected chi connectivity index (χ4v) is 3.52. The summed E-state index contributed by atoms with van der Waals surface area (Å²) >= 11 is 11.8. The van der Waals surface area contributed by atoms with Crippen LogP contribution >= 0.6 is 23.2 Å². The van der Waals surface area contributed by atoms with E-state index in [-0.39, 0.29) is 0 Å². The minimum absolute atomic E-state index is 0.454. The van der Waals surface area contributed by atoms with Crippen molar-refractivity contribution in [3.05, 3.63) is 64.8 Å². The SMILES string of the molecule is O=S(Nc1ccc2ncccc2c1)c1cc(Cl)cc(Cl)c1. The van der Waals surface area contributed by atoms with E-state index in [9.17, 15) is 4.21 Å². The smallest absolute Gasteiger partial charge is 0.150 e. The van der Waals surface area contributed by atoms with Gasteiger partial charge in [-0.05, 0) is 42.5 Å². The summed E-state index contributed by atoms with van der Waals surface area (Å²) in [6, 6.07) is 14.3. The molecule has 2 aromatic carbocycles. The standard InChI is InChI=1S/C15H10Cl2N2OS/c16-11-7-12(17)9-14(8-11)21(20)19-13-3-4-15-10(6-13)2-1-5-18-15/h1-9,19H. The number of hydrogen-bond acceptors (Lipinski definition) is 2. The summed E-state index contributed by atoms with van der Waals surface area (Å²) in [4.78, 5) is 4.77. The molecule has 1 aromatic heterocycles. The molecule has 0 saturated heterocycles. The average molecular weight is 337 g/mol. The number of benzene rings is 2. The monoisotopic (exact) mass is 336 g/mol. The van der Waals surface area contributed by atoms with Gasteiger partial charge in [-0.3, -0.25) is 4.98 Å². The minimum Gasteiger partial charge on any atom is -0.301 e. The highest BCUT2D eigenvalue weighted by molar-refractivity contribution is 7.86. The van der Waals surface area contributed by atoms with Crippen molar-refractivity contribution in [1.29, 1.82) is 0 Å². The van der Waals surface area contributed by atoms with E-state index in [2.05, 4.69) is 9.71 Å². The summed E-state index contributed by atoms with van der Waals surface area (Å²) in [6.45, 7) is 0. The van der Waals surface area contributed by atoms with Gasteiger partial charge in [0.25, 0.3) is 0 Å². The molecule has 0 aliphatic heterocycles. The van der Waals surface area contributed by atoms with Crippen LogP contribution < -0.4 is 4.72 Å². The Kier molecular flexibility index (Phi) is 4.10. The molecule has 0 bridgehead atoms. The van der Waals surface area contributed by atoms with Crippen molar-refractivity contribution in [2.45, 2.75) is 4.90 Å². The van der Waals surface area contributed by atoms with Crippen LogP contribution in [0.2, 0.25) is 10.0 Å². The van der Waals surface area contributed by atoms with Crippen LogP contribution in [0.5, 0.6) is 0 Å². The van der Waals surface area contributed by atoms with Gasteiger partial charge in [0, 0.05) is 27.3 Å². The molecule has 1 N–H and O–H groups in total. The predicted octanol–water partition coefficient (Wildman–Crippen LogP) is 4.68. The summed E-state index contributed by atoms with van der Waals surface area (Å²) in [6.07, 6.45) is 1.74. The number of pyridine rings is 1. The molecule has 0 aliphatic carbocycles. The Bertz CT molecular complexity index is 819. The van der Waals surface area contributed by atoms with E-state index in [1.807, 2.05) is 30.3 Å². The lowest BCUT2D eigenvalue weighted by Gasteiger charge is -2.08. The first-order valence-electron chi connectivity index (χ1n) is 6.11. The van der Waals surface area contributed by atoms with E-state index in [0.29, 0.717) is 14.9 Å². The Morgan fingerprint density at radius 3 is 2.52 bits per heavy atom. The Morgan fingerprint density at radius 2 is 1.76 bits per heavy atom. The van der Waals surface area contributed by atoms with Crippen LogP contribution in [0.15, 0.2) is 59.6 Å². The molecule has 0 amide bonds. The highest BCUT2D eigenvalue weighted by atomic mass is 35.5. The second kappa shape index (κ2) is 6.02. The van der Waals surface area contributed by atoms with Crippen LogP contribution in [-0.4, -0.2) is 9.19 Å². The van der Waals surface area contributed by atoms with E-state index in [1.54, 1.807) is 24.4 Å². The number of rotatable bonds is 3. The van der Waals surface area contributed by atoms with Crippen LogP contribution in [-0.2, 0) is 11.0 Å². The first-order valence-corrected chi connectivity index (χ1v) is 8.02. The van der Waals surface area contributed by atoms with E-state index in [1.165, 1.54) is 0 Å². The summed E-state index contributed by atoms with van der Waals surface area (Å²) in [7, 11) is -1.44. The van der Waals surface area contributed by atoms with Gasteiger partial charge in [-0.2, -0.15) is 0 Å². The van der Waals surface area contributed by atoms with Crippen molar-refractivity contribution in [2.24, 2.45) is 0 Å². The lowest BCUT2D eigenvalue weighted by atomic mass is 10.2. The molecule has 0 spiro atoms. The van der Waals surface area contributed by atoms with Gasteiger partial charge >= 0.3 is 0 Å². The van der Waals surface area contributed by atoms with Crippen LogP contribution in [0.3, 0.4) is 0 Å². The van der Waals surface area contributed by atoms with Crippen molar-refractivity contribution in [2.75, 3.05) is 4.72 Å². The fourth-order valence-electron chi connectivity index (χ4n) is 1.94. The van der Waals surface area contributed by atoms with Crippen molar-refractivity contribution >= 4 is 50.8 Å². The number of nitrogens with one attached hydrogen (secondary N) is 1. The van der Waals surface area contributed by atoms with Gasteiger partial charge in [0.05, 0.1) is 10.4 Å². The van der Waals surface area contributed by atoms with Gasteiger partial charge in [0.2, 0.25) is 0 Å². The van der Waals surface area contributed by atoms with Gasteiger partial charge < -0.3 is 4.72 Å². The Labute approximate surface area is 134 Å². The predicted molar refractivity (Wildman–Crippen MR) is 88.2 cm³/mol. The van der Waals surface area contributed by atoms with Gasteiger partial charge in [0.15, 0.2) is 0 Å². The highest BCUT2D eigenvalue weighted by Gasteiger charge is 2.07. The molecule has 0 saturated carbocycles. The number of fused-ring (bicyclic) bond motifs is 1. The molecule has 1 unspecified atom stereocenters. The lowest BCUT2D eigenvalue weighted by molar-refractivity contribution is 0.686. The second-order valence-electron chi connectivity index (χ2n) is 4.39. The number of hydrogen-bond donors (Lipinski definition) is 1. The molecule has 0 radical (unpaired) electrons. The maximum absolute atomic E-state index is 12.3. The van der Waals surface area contributed by atoms with Crippen molar-refractivity contribution in [3.63, 3.8) is 0 Å². The summed E-state index contributed by atoms with van der Waals surface area (Å²) in [5.41, 5.74) is 1.63. The molecule has 0 fully saturated rings. The van der Waals surface area contributed by atoms with Gasteiger partial charge in [0.1, 0.15) is 11.0 Å². The number of nitrogens with zero attached hydrogens (tertiary/aromatic N) is 1. The average Bonchev–Trinajstić information content (AvgIpc) is 2.46. The molecular formula is C15H10Cl2N2OS. The van der Waals surface area contributed by atoms with Gasteiger partial charge in [-0.25, -0.2) is 4.21 Å². The number of aromatic nitrogens is 1. The molecule has 106 valence electrons. The van der Waals surface area contributed by atoms with Crippen LogP contribution in [0.25, 0.3) is 10.9 Å². The van der Waals surface area contributed by atoms with E-state index < -0.39 is 11.0 Å².